The van der Waals surface area contributed by atoms with Crippen LogP contribution in [0, 0.1) is 50.2 Å². The van der Waals surface area contributed by atoms with Crippen molar-refractivity contribution in [2.45, 2.75) is 151 Å². The molecule has 0 aromatic rings. The van der Waals surface area contributed by atoms with Gasteiger partial charge in [0, 0.05) is 6.61 Å². The van der Waals surface area contributed by atoms with Crippen molar-refractivity contribution in [1.29, 1.82) is 0 Å². The summed E-state index contributed by atoms with van der Waals surface area (Å²) in [5.74, 6) is 2.33. The first-order valence-corrected chi connectivity index (χ1v) is 16.2. The highest BCUT2D eigenvalue weighted by Gasteiger charge is 2.68. The molecule has 1 saturated heterocycles. The van der Waals surface area contributed by atoms with Crippen LogP contribution in [0.5, 0.6) is 0 Å². The maximum Gasteiger partial charge on any atom is 0.157 e. The van der Waals surface area contributed by atoms with Crippen LogP contribution in [0.1, 0.15) is 139 Å². The fraction of sp³-hybridized carbons (Fsp3) is 0.943. The van der Waals surface area contributed by atoms with E-state index in [0.29, 0.717) is 33.2 Å². The normalized spacial score (nSPS) is 52.6. The zero-order chi connectivity index (χ0) is 26.5. The van der Waals surface area contributed by atoms with Crippen molar-refractivity contribution in [3.63, 3.8) is 0 Å². The molecule has 0 amide bonds. The predicted octanol–water partition coefficient (Wildman–Crippen LogP) is 9.72. The maximum absolute atomic E-state index is 6.76. The Hall–Kier alpha value is -0.340. The Labute approximate surface area is 229 Å². The molecule has 0 spiro atoms. The summed E-state index contributed by atoms with van der Waals surface area (Å²) < 4.78 is 12.8. The zero-order valence-electron chi connectivity index (χ0n) is 25.7. The summed E-state index contributed by atoms with van der Waals surface area (Å²) in [6.45, 7) is 21.9. The molecule has 5 fully saturated rings. The second kappa shape index (κ2) is 8.58. The van der Waals surface area contributed by atoms with Gasteiger partial charge >= 0.3 is 0 Å². The van der Waals surface area contributed by atoms with Gasteiger partial charge in [-0.05, 0) is 134 Å². The van der Waals surface area contributed by atoms with Gasteiger partial charge in [-0.3, -0.25) is 0 Å². The number of hydrogen-bond acceptors (Lipinski definition) is 2. The van der Waals surface area contributed by atoms with E-state index in [1.165, 1.54) is 77.0 Å². The fourth-order valence-electron chi connectivity index (χ4n) is 11.7. The number of ether oxygens (including phenoxy) is 2. The summed E-state index contributed by atoms with van der Waals surface area (Å²) in [5, 5.41) is 0. The van der Waals surface area contributed by atoms with Gasteiger partial charge in [-0.2, -0.15) is 0 Å². The molecule has 4 saturated carbocycles. The van der Waals surface area contributed by atoms with E-state index in [9.17, 15) is 0 Å². The average Bonchev–Trinajstić information content (AvgIpc) is 2.83. The summed E-state index contributed by atoms with van der Waals surface area (Å²) >= 11 is 0. The summed E-state index contributed by atoms with van der Waals surface area (Å²) in [4.78, 5) is 0. The van der Waals surface area contributed by atoms with Gasteiger partial charge < -0.3 is 9.47 Å². The minimum Gasteiger partial charge on any atom is -0.353 e. The average molecular weight is 511 g/mol. The van der Waals surface area contributed by atoms with E-state index in [-0.39, 0.29) is 11.7 Å². The molecule has 37 heavy (non-hydrogen) atoms. The highest BCUT2D eigenvalue weighted by molar-refractivity contribution is 5.33. The Kier molecular flexibility index (Phi) is 6.23. The minimum absolute atomic E-state index is 0.0339. The van der Waals surface area contributed by atoms with Crippen molar-refractivity contribution in [3.8, 4) is 0 Å². The molecule has 0 aromatic heterocycles. The lowest BCUT2D eigenvalue weighted by Gasteiger charge is -2.71. The Balaban J connectivity index is 1.31. The SMILES string of the molecule is CC1(C)CCC2(C)CC[C@]3(C)C(=CCC4C5(C)CCC(OC6CCCCO6)C(C)(C)C5CCC43C)C2C1. The van der Waals surface area contributed by atoms with E-state index in [1.54, 1.807) is 0 Å². The first kappa shape index (κ1) is 26.9. The van der Waals surface area contributed by atoms with Crippen LogP contribution in [0.4, 0.5) is 0 Å². The van der Waals surface area contributed by atoms with Gasteiger partial charge in [0.2, 0.25) is 0 Å². The van der Waals surface area contributed by atoms with Crippen LogP contribution in [0.25, 0.3) is 0 Å². The van der Waals surface area contributed by atoms with Gasteiger partial charge in [0.05, 0.1) is 6.10 Å². The second-order valence-corrected chi connectivity index (χ2v) is 17.2. The molecule has 0 radical (unpaired) electrons. The monoisotopic (exact) mass is 510 g/mol. The van der Waals surface area contributed by atoms with Crippen molar-refractivity contribution in [3.05, 3.63) is 11.6 Å². The van der Waals surface area contributed by atoms with E-state index in [1.807, 2.05) is 5.57 Å². The first-order chi connectivity index (χ1) is 17.3. The Morgan fingerprint density at radius 2 is 1.54 bits per heavy atom. The molecule has 1 heterocycles. The molecule has 5 aliphatic carbocycles. The highest BCUT2D eigenvalue weighted by Crippen LogP contribution is 2.75. The third kappa shape index (κ3) is 3.83. The zero-order valence-corrected chi connectivity index (χ0v) is 25.7. The lowest BCUT2D eigenvalue weighted by molar-refractivity contribution is -0.257. The van der Waals surface area contributed by atoms with Crippen LogP contribution in [0.2, 0.25) is 0 Å². The topological polar surface area (TPSA) is 18.5 Å². The molecule has 6 aliphatic rings. The third-order valence-electron chi connectivity index (χ3n) is 14.5. The molecule has 9 atom stereocenters. The van der Waals surface area contributed by atoms with Gasteiger partial charge in [-0.25, -0.2) is 0 Å². The molecule has 0 bridgehead atoms. The number of hydrogen-bond donors (Lipinski definition) is 0. The summed E-state index contributed by atoms with van der Waals surface area (Å²) in [6, 6.07) is 0. The van der Waals surface area contributed by atoms with Crippen LogP contribution in [0.3, 0.4) is 0 Å². The van der Waals surface area contributed by atoms with Crippen molar-refractivity contribution >= 4 is 0 Å². The third-order valence-corrected chi connectivity index (χ3v) is 14.5. The molecular formula is C35H58O2. The van der Waals surface area contributed by atoms with Crippen LogP contribution in [-0.2, 0) is 9.47 Å². The van der Waals surface area contributed by atoms with Crippen molar-refractivity contribution in [2.24, 2.45) is 50.2 Å². The maximum atomic E-state index is 6.76. The number of rotatable bonds is 2. The summed E-state index contributed by atoms with van der Waals surface area (Å²) in [6.07, 6.45) is 20.4. The molecule has 6 rings (SSSR count). The van der Waals surface area contributed by atoms with Gasteiger partial charge in [0.15, 0.2) is 6.29 Å². The number of allylic oxidation sites excluding steroid dienone is 2. The molecule has 8 unspecified atom stereocenters. The van der Waals surface area contributed by atoms with Crippen LogP contribution in [0.15, 0.2) is 11.6 Å². The van der Waals surface area contributed by atoms with Crippen molar-refractivity contribution < 1.29 is 9.47 Å². The molecule has 210 valence electrons. The van der Waals surface area contributed by atoms with Crippen LogP contribution in [-0.4, -0.2) is 19.0 Å². The molecule has 2 nitrogen and oxygen atoms in total. The van der Waals surface area contributed by atoms with Gasteiger partial charge in [0.1, 0.15) is 0 Å². The lowest BCUT2D eigenvalue weighted by Crippen LogP contribution is -2.64. The second-order valence-electron chi connectivity index (χ2n) is 17.2. The van der Waals surface area contributed by atoms with E-state index < -0.39 is 0 Å². The van der Waals surface area contributed by atoms with E-state index in [4.69, 9.17) is 9.47 Å². The largest absolute Gasteiger partial charge is 0.353 e. The molecule has 2 heteroatoms. The quantitative estimate of drug-likeness (QED) is 0.272. The fourth-order valence-corrected chi connectivity index (χ4v) is 11.7. The Bertz CT molecular complexity index is 926. The smallest absolute Gasteiger partial charge is 0.157 e. The highest BCUT2D eigenvalue weighted by atomic mass is 16.7. The van der Waals surface area contributed by atoms with Crippen LogP contribution < -0.4 is 0 Å². The van der Waals surface area contributed by atoms with Gasteiger partial charge in [-0.1, -0.05) is 67.0 Å². The lowest BCUT2D eigenvalue weighted by atomic mass is 9.33. The molecular weight excluding hydrogens is 452 g/mol. The van der Waals surface area contributed by atoms with E-state index in [2.05, 4.69) is 61.5 Å². The van der Waals surface area contributed by atoms with Gasteiger partial charge in [0.25, 0.3) is 0 Å². The molecule has 0 N–H and O–H groups in total. The van der Waals surface area contributed by atoms with Crippen molar-refractivity contribution in [1.82, 2.24) is 0 Å². The Morgan fingerprint density at radius 3 is 2.27 bits per heavy atom. The minimum atomic E-state index is 0.0339. The first-order valence-electron chi connectivity index (χ1n) is 16.2. The predicted molar refractivity (Wildman–Crippen MR) is 153 cm³/mol. The Morgan fingerprint density at radius 1 is 0.784 bits per heavy atom. The van der Waals surface area contributed by atoms with Crippen molar-refractivity contribution in [2.75, 3.05) is 6.61 Å². The molecule has 1 aliphatic heterocycles. The van der Waals surface area contributed by atoms with E-state index >= 15 is 0 Å². The van der Waals surface area contributed by atoms with Crippen LogP contribution >= 0.6 is 0 Å². The summed E-state index contributed by atoms with van der Waals surface area (Å²) in [5.41, 5.74) is 4.33. The van der Waals surface area contributed by atoms with Gasteiger partial charge in [-0.15, -0.1) is 0 Å². The van der Waals surface area contributed by atoms with E-state index in [0.717, 1.165) is 30.8 Å². The standard InChI is InChI=1S/C35H58O2/c1-30(2)18-19-32(5)20-21-34(7)24(25(32)23-30)12-13-27-33(6)16-15-28(37-29-11-9-10-22-36-29)31(3,4)26(33)14-17-35(27,34)8/h12,25-29H,9-11,13-23H2,1-8H3/t25?,26?,27?,28?,29?,32?,33?,34-,35?/m1/s1. The summed E-state index contributed by atoms with van der Waals surface area (Å²) in [7, 11) is 0. The molecule has 0 aromatic carbocycles. The number of fused-ring (bicyclic) bond motifs is 7.